The predicted molar refractivity (Wildman–Crippen MR) is 59.8 cm³/mol. The second kappa shape index (κ2) is 7.65. The van der Waals surface area contributed by atoms with E-state index in [1.807, 2.05) is 6.92 Å². The molecular formula is C11H22N2O2. The van der Waals surface area contributed by atoms with E-state index in [4.69, 9.17) is 4.74 Å². The minimum absolute atomic E-state index is 0.156. The van der Waals surface area contributed by atoms with Gasteiger partial charge >= 0.3 is 0 Å². The lowest BCUT2D eigenvalue weighted by Gasteiger charge is -2.23. The molecule has 1 aliphatic heterocycles. The van der Waals surface area contributed by atoms with Gasteiger partial charge in [0.05, 0.1) is 0 Å². The number of nitrogens with one attached hydrogen (secondary N) is 2. The van der Waals surface area contributed by atoms with Crippen LogP contribution in [-0.2, 0) is 9.53 Å². The molecule has 1 heterocycles. The van der Waals surface area contributed by atoms with Gasteiger partial charge in [-0.3, -0.25) is 4.79 Å². The zero-order chi connectivity index (χ0) is 10.9. The Morgan fingerprint density at radius 1 is 1.60 bits per heavy atom. The fourth-order valence-corrected chi connectivity index (χ4v) is 1.75. The molecule has 0 bridgehead atoms. The molecule has 0 aromatic rings. The summed E-state index contributed by atoms with van der Waals surface area (Å²) in [7, 11) is 0. The second-order valence-electron chi connectivity index (χ2n) is 3.91. The maximum Gasteiger partial charge on any atom is 0.220 e. The van der Waals surface area contributed by atoms with Crippen molar-refractivity contribution >= 4 is 5.91 Å². The minimum atomic E-state index is 0.156. The largest absolute Gasteiger partial charge is 0.382 e. The first-order valence-corrected chi connectivity index (χ1v) is 5.90. The predicted octanol–water partition coefficient (Wildman–Crippen LogP) is 0.671. The number of piperidine rings is 1. The topological polar surface area (TPSA) is 50.4 Å². The lowest BCUT2D eigenvalue weighted by Crippen LogP contribution is -2.45. The van der Waals surface area contributed by atoms with Gasteiger partial charge in [-0.15, -0.1) is 0 Å². The Morgan fingerprint density at radius 3 is 3.13 bits per heavy atom. The summed E-state index contributed by atoms with van der Waals surface area (Å²) >= 11 is 0. The molecule has 1 saturated heterocycles. The van der Waals surface area contributed by atoms with Crippen molar-refractivity contribution in [1.82, 2.24) is 10.6 Å². The van der Waals surface area contributed by atoms with E-state index in [1.54, 1.807) is 0 Å². The molecule has 4 heteroatoms. The zero-order valence-electron chi connectivity index (χ0n) is 9.55. The third-order valence-corrected chi connectivity index (χ3v) is 2.56. The Labute approximate surface area is 91.8 Å². The molecule has 0 unspecified atom stereocenters. The zero-order valence-corrected chi connectivity index (χ0v) is 9.55. The highest BCUT2D eigenvalue weighted by Gasteiger charge is 2.14. The van der Waals surface area contributed by atoms with E-state index in [2.05, 4.69) is 10.6 Å². The molecule has 0 aliphatic carbocycles. The normalized spacial score (nSPS) is 21.3. The van der Waals surface area contributed by atoms with Crippen LogP contribution in [0.3, 0.4) is 0 Å². The molecule has 0 aromatic carbocycles. The van der Waals surface area contributed by atoms with Crippen LogP contribution >= 0.6 is 0 Å². The minimum Gasteiger partial charge on any atom is -0.382 e. The van der Waals surface area contributed by atoms with Crippen molar-refractivity contribution in [2.24, 2.45) is 0 Å². The highest BCUT2D eigenvalue weighted by molar-refractivity contribution is 5.76. The van der Waals surface area contributed by atoms with Crippen LogP contribution in [0.15, 0.2) is 0 Å². The molecule has 1 fully saturated rings. The fraction of sp³-hybridized carbons (Fsp3) is 0.909. The van der Waals surface area contributed by atoms with Gasteiger partial charge < -0.3 is 15.4 Å². The summed E-state index contributed by atoms with van der Waals surface area (Å²) in [6, 6.07) is 0.332. The molecule has 1 aliphatic rings. The van der Waals surface area contributed by atoms with Gasteiger partial charge in [0.1, 0.15) is 0 Å². The van der Waals surface area contributed by atoms with E-state index >= 15 is 0 Å². The van der Waals surface area contributed by atoms with Gasteiger partial charge in [-0.05, 0) is 32.7 Å². The van der Waals surface area contributed by atoms with Gasteiger partial charge in [-0.1, -0.05) is 0 Å². The molecule has 0 saturated carbocycles. The lowest BCUT2D eigenvalue weighted by atomic mass is 10.1. The fourth-order valence-electron chi connectivity index (χ4n) is 1.75. The maximum atomic E-state index is 11.5. The van der Waals surface area contributed by atoms with Crippen LogP contribution in [0.2, 0.25) is 0 Å². The average Bonchev–Trinajstić information content (AvgIpc) is 2.26. The number of rotatable bonds is 6. The molecule has 1 amide bonds. The number of hydrogen-bond acceptors (Lipinski definition) is 3. The van der Waals surface area contributed by atoms with Crippen molar-refractivity contribution in [3.05, 3.63) is 0 Å². The molecule has 1 atom stereocenters. The van der Waals surface area contributed by atoms with Crippen LogP contribution < -0.4 is 10.6 Å². The van der Waals surface area contributed by atoms with Crippen LogP contribution in [0, 0.1) is 0 Å². The van der Waals surface area contributed by atoms with Crippen LogP contribution in [0.25, 0.3) is 0 Å². The van der Waals surface area contributed by atoms with Crippen LogP contribution in [0.1, 0.15) is 32.6 Å². The third kappa shape index (κ3) is 5.74. The van der Waals surface area contributed by atoms with Crippen LogP contribution in [0.4, 0.5) is 0 Å². The third-order valence-electron chi connectivity index (χ3n) is 2.56. The summed E-state index contributed by atoms with van der Waals surface area (Å²) in [5.74, 6) is 0.156. The smallest absolute Gasteiger partial charge is 0.220 e. The van der Waals surface area contributed by atoms with Gasteiger partial charge in [0.25, 0.3) is 0 Å². The quantitative estimate of drug-likeness (QED) is 0.639. The average molecular weight is 214 g/mol. The van der Waals surface area contributed by atoms with Gasteiger partial charge in [0.2, 0.25) is 5.91 Å². The Hall–Kier alpha value is -0.610. The van der Waals surface area contributed by atoms with Crippen molar-refractivity contribution in [1.29, 1.82) is 0 Å². The molecule has 0 radical (unpaired) electrons. The van der Waals surface area contributed by atoms with Crippen molar-refractivity contribution in [2.45, 2.75) is 38.6 Å². The molecular weight excluding hydrogens is 192 g/mol. The van der Waals surface area contributed by atoms with Crippen molar-refractivity contribution < 1.29 is 9.53 Å². The van der Waals surface area contributed by atoms with E-state index in [0.717, 1.165) is 39.0 Å². The van der Waals surface area contributed by atoms with Crippen molar-refractivity contribution in [3.8, 4) is 0 Å². The molecule has 15 heavy (non-hydrogen) atoms. The number of amides is 1. The molecule has 0 aromatic heterocycles. The Kier molecular flexibility index (Phi) is 6.36. The standard InChI is InChI=1S/C11H22N2O2/c1-2-15-8-4-6-11(14)13-10-5-3-7-12-9-10/h10,12H,2-9H2,1H3,(H,13,14)/t10-/m1/s1. The Bertz CT molecular complexity index is 179. The summed E-state index contributed by atoms with van der Waals surface area (Å²) in [6.45, 7) is 5.38. The Balaban J connectivity index is 2.01. The monoisotopic (exact) mass is 214 g/mol. The van der Waals surface area contributed by atoms with E-state index in [1.165, 1.54) is 0 Å². The summed E-state index contributed by atoms with van der Waals surface area (Å²) in [4.78, 5) is 11.5. The SMILES string of the molecule is CCOCCCC(=O)N[C@@H]1CCCNC1. The first kappa shape index (κ1) is 12.5. The molecule has 0 spiro atoms. The number of carbonyl (C=O) groups is 1. The van der Waals surface area contributed by atoms with E-state index in [9.17, 15) is 4.79 Å². The lowest BCUT2D eigenvalue weighted by molar-refractivity contribution is -0.122. The van der Waals surface area contributed by atoms with E-state index in [-0.39, 0.29) is 5.91 Å². The van der Waals surface area contributed by atoms with Gasteiger partial charge in [-0.2, -0.15) is 0 Å². The summed E-state index contributed by atoms with van der Waals surface area (Å²) in [5.41, 5.74) is 0. The second-order valence-corrected chi connectivity index (χ2v) is 3.91. The van der Waals surface area contributed by atoms with E-state index < -0.39 is 0 Å². The molecule has 4 nitrogen and oxygen atoms in total. The maximum absolute atomic E-state index is 11.5. The summed E-state index contributed by atoms with van der Waals surface area (Å²) in [5, 5.41) is 6.32. The van der Waals surface area contributed by atoms with Crippen molar-refractivity contribution in [3.63, 3.8) is 0 Å². The van der Waals surface area contributed by atoms with Gasteiger partial charge in [0.15, 0.2) is 0 Å². The number of hydrogen-bond donors (Lipinski definition) is 2. The summed E-state index contributed by atoms with van der Waals surface area (Å²) < 4.78 is 5.18. The highest BCUT2D eigenvalue weighted by Crippen LogP contribution is 2.02. The number of carbonyl (C=O) groups excluding carboxylic acids is 1. The van der Waals surface area contributed by atoms with Gasteiger partial charge in [-0.25, -0.2) is 0 Å². The molecule has 2 N–H and O–H groups in total. The van der Waals surface area contributed by atoms with E-state index in [0.29, 0.717) is 19.1 Å². The highest BCUT2D eigenvalue weighted by atomic mass is 16.5. The molecule has 88 valence electrons. The van der Waals surface area contributed by atoms with Crippen molar-refractivity contribution in [2.75, 3.05) is 26.3 Å². The Morgan fingerprint density at radius 2 is 2.47 bits per heavy atom. The molecule has 1 rings (SSSR count). The first-order chi connectivity index (χ1) is 7.33. The number of ether oxygens (including phenoxy) is 1. The van der Waals surface area contributed by atoms with Crippen LogP contribution in [0.5, 0.6) is 0 Å². The van der Waals surface area contributed by atoms with Crippen LogP contribution in [-0.4, -0.2) is 38.3 Å². The first-order valence-electron chi connectivity index (χ1n) is 5.90. The van der Waals surface area contributed by atoms with Gasteiger partial charge in [0, 0.05) is 32.2 Å². The summed E-state index contributed by atoms with van der Waals surface area (Å²) in [6.07, 6.45) is 3.66.